The summed E-state index contributed by atoms with van der Waals surface area (Å²) < 4.78 is 0. The molecule has 0 aliphatic carbocycles. The number of rotatable bonds is 3. The number of primary amides is 1. The number of nitrogens with two attached hydrogens (primary N) is 1. The molecule has 4 amide bonds. The topological polar surface area (TPSA) is 110 Å². The fourth-order valence-corrected chi connectivity index (χ4v) is 1.65. The Bertz CT molecular complexity index is 578. The summed E-state index contributed by atoms with van der Waals surface area (Å²) in [6.07, 6.45) is 0. The van der Waals surface area contributed by atoms with Gasteiger partial charge in [0.15, 0.2) is 0 Å². The first-order valence-electron chi connectivity index (χ1n) is 5.61. The van der Waals surface area contributed by atoms with Gasteiger partial charge in [0, 0.05) is 7.05 Å². The van der Waals surface area contributed by atoms with Gasteiger partial charge in [0.05, 0.1) is 11.1 Å². The number of urea groups is 1. The number of hydroxylamine groups is 2. The van der Waals surface area contributed by atoms with Crippen molar-refractivity contribution in [1.82, 2.24) is 9.96 Å². The number of likely N-dealkylation sites (N-methyl/N-ethyl adjacent to an activating group) is 1. The van der Waals surface area contributed by atoms with Crippen LogP contribution in [0, 0.1) is 0 Å². The van der Waals surface area contributed by atoms with E-state index in [-0.39, 0.29) is 11.1 Å². The van der Waals surface area contributed by atoms with Crippen LogP contribution >= 0.6 is 0 Å². The molecule has 2 rings (SSSR count). The number of imide groups is 1. The molecule has 104 valence electrons. The average Bonchev–Trinajstić information content (AvgIpc) is 2.64. The Labute approximate surface area is 113 Å². The van der Waals surface area contributed by atoms with Crippen LogP contribution in [0.5, 0.6) is 0 Å². The molecule has 0 fully saturated rings. The number of hydrogen-bond donors (Lipinski definition) is 1. The maximum atomic E-state index is 11.9. The summed E-state index contributed by atoms with van der Waals surface area (Å²) in [6.45, 7) is -0.470. The van der Waals surface area contributed by atoms with Gasteiger partial charge in [0.25, 0.3) is 11.8 Å². The molecular formula is C12H11N3O5. The van der Waals surface area contributed by atoms with Crippen molar-refractivity contribution in [1.29, 1.82) is 0 Å². The lowest BCUT2D eigenvalue weighted by molar-refractivity contribution is -0.168. The number of benzene rings is 1. The second-order valence-corrected chi connectivity index (χ2v) is 4.11. The zero-order chi connectivity index (χ0) is 14.9. The van der Waals surface area contributed by atoms with Gasteiger partial charge < -0.3 is 15.5 Å². The maximum absolute atomic E-state index is 11.9. The van der Waals surface area contributed by atoms with Crippen LogP contribution in [0.15, 0.2) is 24.3 Å². The molecule has 0 spiro atoms. The summed E-state index contributed by atoms with van der Waals surface area (Å²) in [6, 6.07) is 5.27. The molecule has 1 aliphatic heterocycles. The molecular weight excluding hydrogens is 266 g/mol. The van der Waals surface area contributed by atoms with Gasteiger partial charge in [-0.1, -0.05) is 17.2 Å². The minimum absolute atomic E-state index is 0.161. The Balaban J connectivity index is 2.09. The van der Waals surface area contributed by atoms with Gasteiger partial charge >= 0.3 is 12.0 Å². The van der Waals surface area contributed by atoms with Crippen LogP contribution in [0.2, 0.25) is 0 Å². The minimum atomic E-state index is -0.944. The van der Waals surface area contributed by atoms with Gasteiger partial charge in [-0.05, 0) is 12.1 Å². The van der Waals surface area contributed by atoms with Gasteiger partial charge in [-0.3, -0.25) is 9.59 Å². The van der Waals surface area contributed by atoms with Crippen LogP contribution < -0.4 is 5.73 Å². The van der Waals surface area contributed by atoms with Crippen molar-refractivity contribution >= 4 is 23.8 Å². The summed E-state index contributed by atoms with van der Waals surface area (Å²) in [4.78, 5) is 51.7. The lowest BCUT2D eigenvalue weighted by Gasteiger charge is -2.16. The van der Waals surface area contributed by atoms with E-state index in [4.69, 9.17) is 5.73 Å². The molecule has 1 aromatic carbocycles. The Morgan fingerprint density at radius 2 is 1.70 bits per heavy atom. The zero-order valence-corrected chi connectivity index (χ0v) is 10.5. The lowest BCUT2D eigenvalue weighted by Crippen LogP contribution is -2.40. The molecule has 20 heavy (non-hydrogen) atoms. The first-order valence-corrected chi connectivity index (χ1v) is 5.61. The fraction of sp³-hybridized carbons (Fsp3) is 0.167. The van der Waals surface area contributed by atoms with Crippen molar-refractivity contribution in [2.45, 2.75) is 0 Å². The Morgan fingerprint density at radius 3 is 2.15 bits per heavy atom. The fourth-order valence-electron chi connectivity index (χ4n) is 1.65. The number of amides is 4. The van der Waals surface area contributed by atoms with E-state index in [1.54, 1.807) is 12.1 Å². The minimum Gasteiger partial charge on any atom is -0.351 e. The predicted octanol–water partition coefficient (Wildman–Crippen LogP) is -0.249. The van der Waals surface area contributed by atoms with Crippen LogP contribution in [-0.4, -0.2) is 47.4 Å². The molecule has 0 saturated carbocycles. The summed E-state index contributed by atoms with van der Waals surface area (Å²) in [5.41, 5.74) is 5.27. The molecule has 8 nitrogen and oxygen atoms in total. The van der Waals surface area contributed by atoms with Crippen molar-refractivity contribution < 1.29 is 24.0 Å². The highest BCUT2D eigenvalue weighted by atomic mass is 16.7. The summed E-state index contributed by atoms with van der Waals surface area (Å²) >= 11 is 0. The molecule has 0 radical (unpaired) electrons. The summed E-state index contributed by atoms with van der Waals surface area (Å²) in [7, 11) is 1.28. The summed E-state index contributed by atoms with van der Waals surface area (Å²) in [5, 5.41) is 0.377. The quantitative estimate of drug-likeness (QED) is 0.766. The van der Waals surface area contributed by atoms with Crippen molar-refractivity contribution in [2.75, 3.05) is 13.6 Å². The zero-order valence-electron chi connectivity index (χ0n) is 10.5. The van der Waals surface area contributed by atoms with Gasteiger partial charge in [0.1, 0.15) is 6.54 Å². The first-order chi connectivity index (χ1) is 9.41. The van der Waals surface area contributed by atoms with Crippen LogP contribution in [-0.2, 0) is 9.63 Å². The number of carbonyl (C=O) groups is 4. The smallest absolute Gasteiger partial charge is 0.351 e. The van der Waals surface area contributed by atoms with E-state index < -0.39 is 30.4 Å². The molecule has 1 aromatic rings. The van der Waals surface area contributed by atoms with E-state index in [9.17, 15) is 19.2 Å². The SMILES string of the molecule is CN(CC(=O)ON1C(=O)c2ccccc2C1=O)C(N)=O. The first kappa shape index (κ1) is 13.5. The standard InChI is InChI=1S/C12H11N3O5/c1-14(12(13)19)6-9(16)20-15-10(17)7-4-2-3-5-8(7)11(15)18/h2-5H,6H2,1H3,(H2,13,19). The number of hydrogen-bond acceptors (Lipinski definition) is 5. The Kier molecular flexibility index (Phi) is 3.38. The van der Waals surface area contributed by atoms with Crippen LogP contribution in [0.1, 0.15) is 20.7 Å². The van der Waals surface area contributed by atoms with Crippen molar-refractivity contribution in [3.05, 3.63) is 35.4 Å². The second-order valence-electron chi connectivity index (χ2n) is 4.11. The Hall–Kier alpha value is -2.90. The third kappa shape index (κ3) is 2.30. The van der Waals surface area contributed by atoms with Crippen molar-refractivity contribution in [3.63, 3.8) is 0 Å². The number of nitrogens with zero attached hydrogens (tertiary/aromatic N) is 2. The number of fused-ring (bicyclic) bond motifs is 1. The van der Waals surface area contributed by atoms with E-state index in [1.165, 1.54) is 19.2 Å². The molecule has 0 saturated heterocycles. The van der Waals surface area contributed by atoms with E-state index >= 15 is 0 Å². The molecule has 0 bridgehead atoms. The van der Waals surface area contributed by atoms with Gasteiger partial charge in [-0.15, -0.1) is 0 Å². The van der Waals surface area contributed by atoms with Crippen LogP contribution in [0.3, 0.4) is 0 Å². The maximum Gasteiger partial charge on any atom is 0.352 e. The summed E-state index contributed by atoms with van der Waals surface area (Å²) in [5.74, 6) is -2.39. The largest absolute Gasteiger partial charge is 0.352 e. The van der Waals surface area contributed by atoms with Crippen molar-refractivity contribution in [3.8, 4) is 0 Å². The van der Waals surface area contributed by atoms with Crippen molar-refractivity contribution in [2.24, 2.45) is 5.73 Å². The molecule has 0 atom stereocenters. The van der Waals surface area contributed by atoms with Gasteiger partial charge in [-0.25, -0.2) is 9.59 Å². The third-order valence-electron chi connectivity index (χ3n) is 2.69. The second kappa shape index (κ2) is 5.00. The molecule has 8 heteroatoms. The van der Waals surface area contributed by atoms with E-state index in [2.05, 4.69) is 4.84 Å². The normalized spacial score (nSPS) is 13.2. The molecule has 0 aromatic heterocycles. The highest BCUT2D eigenvalue weighted by Gasteiger charge is 2.38. The van der Waals surface area contributed by atoms with Crippen LogP contribution in [0.4, 0.5) is 4.79 Å². The molecule has 0 unspecified atom stereocenters. The highest BCUT2D eigenvalue weighted by molar-refractivity contribution is 6.20. The van der Waals surface area contributed by atoms with Gasteiger partial charge in [0.2, 0.25) is 0 Å². The molecule has 2 N–H and O–H groups in total. The molecule has 1 heterocycles. The van der Waals surface area contributed by atoms with Gasteiger partial charge in [-0.2, -0.15) is 0 Å². The van der Waals surface area contributed by atoms with E-state index in [0.717, 1.165) is 4.90 Å². The van der Waals surface area contributed by atoms with E-state index in [0.29, 0.717) is 5.06 Å². The molecule has 1 aliphatic rings. The highest BCUT2D eigenvalue weighted by Crippen LogP contribution is 2.22. The third-order valence-corrected chi connectivity index (χ3v) is 2.69. The number of carbonyl (C=O) groups excluding carboxylic acids is 4. The van der Waals surface area contributed by atoms with Crippen LogP contribution in [0.25, 0.3) is 0 Å². The predicted molar refractivity (Wildman–Crippen MR) is 65.2 cm³/mol. The van der Waals surface area contributed by atoms with E-state index in [1.807, 2.05) is 0 Å². The lowest BCUT2D eigenvalue weighted by atomic mass is 10.1. The Morgan fingerprint density at radius 1 is 1.20 bits per heavy atom. The monoisotopic (exact) mass is 277 g/mol. The average molecular weight is 277 g/mol.